The molecule has 2 rings (SSSR count). The molecule has 0 heterocycles. The van der Waals surface area contributed by atoms with E-state index in [0.717, 1.165) is 17.8 Å². The highest BCUT2D eigenvalue weighted by molar-refractivity contribution is 5.73. The van der Waals surface area contributed by atoms with Crippen LogP contribution in [-0.4, -0.2) is 6.29 Å². The second-order valence-corrected chi connectivity index (χ2v) is 5.52. The first-order valence-electron chi connectivity index (χ1n) is 5.07. The third-order valence-electron chi connectivity index (χ3n) is 4.87. The highest BCUT2D eigenvalue weighted by Gasteiger charge is 2.67. The van der Waals surface area contributed by atoms with Crippen LogP contribution in [-0.2, 0) is 4.79 Å². The third-order valence-corrected chi connectivity index (χ3v) is 4.87. The molecule has 2 aliphatic rings. The van der Waals surface area contributed by atoms with Crippen molar-refractivity contribution in [3.05, 3.63) is 12.2 Å². The van der Waals surface area contributed by atoms with Crippen LogP contribution in [0.5, 0.6) is 0 Å². The minimum atomic E-state index is 0.273. The fourth-order valence-corrected chi connectivity index (χ4v) is 3.26. The van der Waals surface area contributed by atoms with E-state index in [2.05, 4.69) is 27.4 Å². The standard InChI is InChI=1S/C12H18O/c1-8(7-13)10-5-9-6-12(9,4)11(10,2)3/h7,9-10H,1,5-6H2,2-4H3/t9?,10?,12-/m0/s1. The number of fused-ring (bicyclic) bond motifs is 1. The zero-order chi connectivity index (χ0) is 9.85. The van der Waals surface area contributed by atoms with Gasteiger partial charge < -0.3 is 0 Å². The van der Waals surface area contributed by atoms with Crippen molar-refractivity contribution in [2.45, 2.75) is 33.6 Å². The Morgan fingerprint density at radius 3 is 2.46 bits per heavy atom. The lowest BCUT2D eigenvalue weighted by Crippen LogP contribution is -2.29. The SMILES string of the molecule is C=C(C=O)C1CC2C[C@]2(C)C1(C)C. The summed E-state index contributed by atoms with van der Waals surface area (Å²) in [4.78, 5) is 10.7. The van der Waals surface area contributed by atoms with E-state index in [0.29, 0.717) is 11.3 Å². The Labute approximate surface area is 80.2 Å². The van der Waals surface area contributed by atoms with Crippen molar-refractivity contribution >= 4 is 6.29 Å². The van der Waals surface area contributed by atoms with Crippen molar-refractivity contribution in [2.24, 2.45) is 22.7 Å². The van der Waals surface area contributed by atoms with Crippen molar-refractivity contribution in [2.75, 3.05) is 0 Å². The third kappa shape index (κ3) is 0.905. The van der Waals surface area contributed by atoms with E-state index in [9.17, 15) is 4.79 Å². The molecule has 1 nitrogen and oxygen atoms in total. The molecule has 0 aromatic rings. The molecule has 0 N–H and O–H groups in total. The van der Waals surface area contributed by atoms with Gasteiger partial charge in [0.25, 0.3) is 0 Å². The Hall–Kier alpha value is -0.590. The predicted molar refractivity (Wildman–Crippen MR) is 53.3 cm³/mol. The molecule has 72 valence electrons. The fourth-order valence-electron chi connectivity index (χ4n) is 3.26. The molecule has 2 fully saturated rings. The number of hydrogen-bond acceptors (Lipinski definition) is 1. The molecular formula is C12H18O. The Morgan fingerprint density at radius 1 is 1.46 bits per heavy atom. The summed E-state index contributed by atoms with van der Waals surface area (Å²) in [6.45, 7) is 10.8. The molecular weight excluding hydrogens is 160 g/mol. The van der Waals surface area contributed by atoms with Gasteiger partial charge >= 0.3 is 0 Å². The molecule has 0 amide bonds. The lowest BCUT2D eigenvalue weighted by Gasteiger charge is -2.35. The maximum Gasteiger partial charge on any atom is 0.145 e. The molecule has 2 aliphatic carbocycles. The van der Waals surface area contributed by atoms with Crippen LogP contribution < -0.4 is 0 Å². The van der Waals surface area contributed by atoms with Crippen LogP contribution in [0.2, 0.25) is 0 Å². The molecule has 13 heavy (non-hydrogen) atoms. The first kappa shape index (κ1) is 8.98. The van der Waals surface area contributed by atoms with Crippen LogP contribution in [0.4, 0.5) is 0 Å². The zero-order valence-electron chi connectivity index (χ0n) is 8.76. The number of allylic oxidation sites excluding steroid dienone is 1. The van der Waals surface area contributed by atoms with Gasteiger partial charge in [-0.3, -0.25) is 4.79 Å². The normalized spacial score (nSPS) is 45.5. The van der Waals surface area contributed by atoms with Gasteiger partial charge in [-0.1, -0.05) is 27.4 Å². The smallest absolute Gasteiger partial charge is 0.145 e. The molecule has 3 atom stereocenters. The molecule has 0 aromatic heterocycles. The lowest BCUT2D eigenvalue weighted by atomic mass is 9.69. The second-order valence-electron chi connectivity index (χ2n) is 5.52. The van der Waals surface area contributed by atoms with Crippen LogP contribution >= 0.6 is 0 Å². The summed E-state index contributed by atoms with van der Waals surface area (Å²) >= 11 is 0. The Bertz CT molecular complexity index is 277. The average Bonchev–Trinajstić information content (AvgIpc) is 2.68. The quantitative estimate of drug-likeness (QED) is 0.469. The predicted octanol–water partition coefficient (Wildman–Crippen LogP) is 2.81. The van der Waals surface area contributed by atoms with Crippen LogP contribution in [0, 0.1) is 22.7 Å². The molecule has 2 saturated carbocycles. The van der Waals surface area contributed by atoms with E-state index in [4.69, 9.17) is 0 Å². The summed E-state index contributed by atoms with van der Waals surface area (Å²) in [5, 5.41) is 0. The minimum absolute atomic E-state index is 0.273. The summed E-state index contributed by atoms with van der Waals surface area (Å²) in [6.07, 6.45) is 3.48. The van der Waals surface area contributed by atoms with Crippen molar-refractivity contribution < 1.29 is 4.79 Å². The Kier molecular flexibility index (Phi) is 1.56. The van der Waals surface area contributed by atoms with Crippen LogP contribution in [0.15, 0.2) is 12.2 Å². The molecule has 0 aliphatic heterocycles. The van der Waals surface area contributed by atoms with Gasteiger partial charge in [0, 0.05) is 0 Å². The van der Waals surface area contributed by atoms with Gasteiger partial charge in [-0.2, -0.15) is 0 Å². The Morgan fingerprint density at radius 2 is 2.08 bits per heavy atom. The molecule has 0 spiro atoms. The molecule has 0 bridgehead atoms. The molecule has 1 heteroatoms. The van der Waals surface area contributed by atoms with Gasteiger partial charge in [0.1, 0.15) is 6.29 Å². The monoisotopic (exact) mass is 178 g/mol. The Balaban J connectivity index is 2.27. The molecule has 0 radical (unpaired) electrons. The van der Waals surface area contributed by atoms with Gasteiger partial charge in [-0.15, -0.1) is 0 Å². The van der Waals surface area contributed by atoms with Crippen LogP contribution in [0.25, 0.3) is 0 Å². The topological polar surface area (TPSA) is 17.1 Å². The average molecular weight is 178 g/mol. The van der Waals surface area contributed by atoms with E-state index in [1.54, 1.807) is 0 Å². The van der Waals surface area contributed by atoms with Crippen LogP contribution in [0.1, 0.15) is 33.6 Å². The summed E-state index contributed by atoms with van der Waals surface area (Å²) in [5.74, 6) is 1.28. The molecule has 0 saturated heterocycles. The maximum atomic E-state index is 10.7. The number of aldehydes is 1. The van der Waals surface area contributed by atoms with Gasteiger partial charge in [-0.25, -0.2) is 0 Å². The first-order valence-corrected chi connectivity index (χ1v) is 5.07. The van der Waals surface area contributed by atoms with E-state index in [1.165, 1.54) is 12.8 Å². The van der Waals surface area contributed by atoms with E-state index < -0.39 is 0 Å². The summed E-state index contributed by atoms with van der Waals surface area (Å²) in [7, 11) is 0. The van der Waals surface area contributed by atoms with Crippen LogP contribution in [0.3, 0.4) is 0 Å². The van der Waals surface area contributed by atoms with Crippen molar-refractivity contribution in [1.29, 1.82) is 0 Å². The number of rotatable bonds is 2. The van der Waals surface area contributed by atoms with E-state index in [-0.39, 0.29) is 5.41 Å². The van der Waals surface area contributed by atoms with Gasteiger partial charge in [0.05, 0.1) is 0 Å². The number of carbonyl (C=O) groups is 1. The highest BCUT2D eigenvalue weighted by Crippen LogP contribution is 2.74. The van der Waals surface area contributed by atoms with E-state index >= 15 is 0 Å². The van der Waals surface area contributed by atoms with Gasteiger partial charge in [0.2, 0.25) is 0 Å². The summed E-state index contributed by atoms with van der Waals surface area (Å²) < 4.78 is 0. The highest BCUT2D eigenvalue weighted by atomic mass is 16.1. The lowest BCUT2D eigenvalue weighted by molar-refractivity contribution is -0.105. The molecule has 0 aromatic carbocycles. The summed E-state index contributed by atoms with van der Waals surface area (Å²) in [6, 6.07) is 0. The molecule has 2 unspecified atom stereocenters. The van der Waals surface area contributed by atoms with Crippen molar-refractivity contribution in [3.63, 3.8) is 0 Å². The number of hydrogen-bond donors (Lipinski definition) is 0. The largest absolute Gasteiger partial charge is 0.298 e. The van der Waals surface area contributed by atoms with Gasteiger partial charge in [-0.05, 0) is 41.1 Å². The maximum absolute atomic E-state index is 10.7. The van der Waals surface area contributed by atoms with Crippen molar-refractivity contribution in [3.8, 4) is 0 Å². The minimum Gasteiger partial charge on any atom is -0.298 e. The van der Waals surface area contributed by atoms with Gasteiger partial charge in [0.15, 0.2) is 0 Å². The zero-order valence-corrected chi connectivity index (χ0v) is 8.76. The second kappa shape index (κ2) is 2.26. The first-order chi connectivity index (χ1) is 5.93. The number of carbonyl (C=O) groups excluding carboxylic acids is 1. The van der Waals surface area contributed by atoms with E-state index in [1.807, 2.05) is 0 Å². The summed E-state index contributed by atoms with van der Waals surface area (Å²) in [5.41, 5.74) is 1.57. The van der Waals surface area contributed by atoms with Crippen molar-refractivity contribution in [1.82, 2.24) is 0 Å². The fraction of sp³-hybridized carbons (Fsp3) is 0.750.